The highest BCUT2D eigenvalue weighted by atomic mass is 16.5. The number of aliphatic imine (C=N–C) groups is 1. The predicted octanol–water partition coefficient (Wildman–Crippen LogP) is 3.25. The van der Waals surface area contributed by atoms with E-state index in [-0.39, 0.29) is 11.8 Å². The van der Waals surface area contributed by atoms with Gasteiger partial charge in [0.15, 0.2) is 5.96 Å². The summed E-state index contributed by atoms with van der Waals surface area (Å²) in [5.74, 6) is 1.84. The molecule has 1 aromatic carbocycles. The molecule has 2 N–H and O–H groups in total. The van der Waals surface area contributed by atoms with Crippen LogP contribution in [0.25, 0.3) is 0 Å². The minimum absolute atomic E-state index is 0.168. The molecule has 1 aliphatic carbocycles. The van der Waals surface area contributed by atoms with Crippen molar-refractivity contribution in [3.05, 3.63) is 29.8 Å². The number of nitrogens with zero attached hydrogens (tertiary/aromatic N) is 2. The van der Waals surface area contributed by atoms with Crippen LogP contribution in [-0.4, -0.2) is 50.6 Å². The van der Waals surface area contributed by atoms with Crippen LogP contribution in [0.5, 0.6) is 0 Å². The zero-order valence-electron chi connectivity index (χ0n) is 17.2. The van der Waals surface area contributed by atoms with Gasteiger partial charge in [-0.15, -0.1) is 0 Å². The number of carbonyl (C=O) groups is 1. The first-order valence-corrected chi connectivity index (χ1v) is 10.5. The van der Waals surface area contributed by atoms with E-state index in [0.29, 0.717) is 12.5 Å². The van der Waals surface area contributed by atoms with Crippen LogP contribution in [-0.2, 0) is 16.1 Å². The summed E-state index contributed by atoms with van der Waals surface area (Å²) in [7, 11) is 3.59. The maximum Gasteiger partial charge on any atom is 0.227 e. The third kappa shape index (κ3) is 5.71. The molecule has 0 bridgehead atoms. The topological polar surface area (TPSA) is 66.0 Å². The highest BCUT2D eigenvalue weighted by Crippen LogP contribution is 2.25. The van der Waals surface area contributed by atoms with Crippen molar-refractivity contribution in [2.24, 2.45) is 16.8 Å². The quantitative estimate of drug-likeness (QED) is 0.582. The van der Waals surface area contributed by atoms with Crippen LogP contribution < -0.4 is 10.6 Å². The number of likely N-dealkylation sites (tertiary alicyclic amines) is 1. The smallest absolute Gasteiger partial charge is 0.227 e. The Morgan fingerprint density at radius 1 is 1.25 bits per heavy atom. The lowest BCUT2D eigenvalue weighted by molar-refractivity contribution is -0.120. The predicted molar refractivity (Wildman–Crippen MR) is 113 cm³/mol. The Morgan fingerprint density at radius 2 is 2.07 bits per heavy atom. The molecular formula is C22H34N4O2. The van der Waals surface area contributed by atoms with Gasteiger partial charge in [0.25, 0.3) is 0 Å². The summed E-state index contributed by atoms with van der Waals surface area (Å²) in [5.41, 5.74) is 2.02. The van der Waals surface area contributed by atoms with Crippen molar-refractivity contribution in [1.29, 1.82) is 0 Å². The molecule has 154 valence electrons. The summed E-state index contributed by atoms with van der Waals surface area (Å²) in [5, 5.41) is 6.56. The highest BCUT2D eigenvalue weighted by Gasteiger charge is 2.24. The van der Waals surface area contributed by atoms with Crippen molar-refractivity contribution in [3.8, 4) is 0 Å². The molecule has 2 aliphatic rings. The number of hydrogen-bond acceptors (Lipinski definition) is 3. The van der Waals surface area contributed by atoms with Gasteiger partial charge in [0.05, 0.1) is 6.61 Å². The minimum atomic E-state index is 0.168. The maximum atomic E-state index is 12.5. The number of ether oxygens (including phenoxy) is 1. The van der Waals surface area contributed by atoms with Crippen molar-refractivity contribution in [2.45, 2.75) is 45.1 Å². The molecule has 28 heavy (non-hydrogen) atoms. The van der Waals surface area contributed by atoms with Gasteiger partial charge in [-0.2, -0.15) is 0 Å². The fraction of sp³-hybridized carbons (Fsp3) is 0.636. The molecule has 1 heterocycles. The Labute approximate surface area is 168 Å². The first-order chi connectivity index (χ1) is 13.7. The molecule has 1 saturated carbocycles. The van der Waals surface area contributed by atoms with Crippen molar-refractivity contribution in [2.75, 3.05) is 39.2 Å². The number of guanidine groups is 1. The van der Waals surface area contributed by atoms with Gasteiger partial charge in [0, 0.05) is 51.3 Å². The number of carbonyl (C=O) groups excluding carboxylic acids is 1. The van der Waals surface area contributed by atoms with E-state index in [2.05, 4.69) is 32.7 Å². The fourth-order valence-corrected chi connectivity index (χ4v) is 4.28. The number of anilines is 1. The van der Waals surface area contributed by atoms with E-state index in [1.54, 1.807) is 7.11 Å². The van der Waals surface area contributed by atoms with Crippen molar-refractivity contribution in [1.82, 2.24) is 10.2 Å². The Balaban J connectivity index is 1.51. The van der Waals surface area contributed by atoms with Gasteiger partial charge in [0.2, 0.25) is 5.91 Å². The van der Waals surface area contributed by atoms with E-state index < -0.39 is 0 Å². The lowest BCUT2D eigenvalue weighted by atomic mass is 9.88. The zero-order valence-corrected chi connectivity index (χ0v) is 17.2. The number of amides is 1. The highest BCUT2D eigenvalue weighted by molar-refractivity contribution is 5.92. The minimum Gasteiger partial charge on any atom is -0.384 e. The Kier molecular flexibility index (Phi) is 7.71. The summed E-state index contributed by atoms with van der Waals surface area (Å²) in [6.45, 7) is 3.47. The summed E-state index contributed by atoms with van der Waals surface area (Å²) in [6.07, 6.45) is 6.77. The molecule has 1 unspecified atom stereocenters. The molecule has 0 spiro atoms. The van der Waals surface area contributed by atoms with E-state index >= 15 is 0 Å². The summed E-state index contributed by atoms with van der Waals surface area (Å²) < 4.78 is 5.28. The number of hydrogen-bond donors (Lipinski definition) is 2. The maximum absolute atomic E-state index is 12.5. The third-order valence-corrected chi connectivity index (χ3v) is 5.82. The van der Waals surface area contributed by atoms with Gasteiger partial charge in [-0.05, 0) is 37.0 Å². The summed E-state index contributed by atoms with van der Waals surface area (Å²) in [4.78, 5) is 19.2. The van der Waals surface area contributed by atoms with E-state index in [1.165, 1.54) is 19.3 Å². The van der Waals surface area contributed by atoms with E-state index in [4.69, 9.17) is 4.74 Å². The number of benzene rings is 1. The number of rotatable bonds is 6. The van der Waals surface area contributed by atoms with Crippen LogP contribution in [0.15, 0.2) is 29.3 Å². The standard InChI is InChI=1S/C22H34N4O2/c1-23-22(26-12-11-18(15-26)16-28-2)24-14-17-7-6-10-20(13-17)25-21(27)19-8-4-3-5-9-19/h6-7,10,13,18-19H,3-5,8-9,11-12,14-16H2,1-2H3,(H,23,24)(H,25,27). The molecular weight excluding hydrogens is 352 g/mol. The monoisotopic (exact) mass is 386 g/mol. The van der Waals surface area contributed by atoms with E-state index in [0.717, 1.165) is 56.2 Å². The van der Waals surface area contributed by atoms with Crippen LogP contribution in [0.3, 0.4) is 0 Å². The molecule has 6 heteroatoms. The molecule has 1 aromatic rings. The molecule has 1 aliphatic heterocycles. The van der Waals surface area contributed by atoms with Crippen LogP contribution in [0.1, 0.15) is 44.1 Å². The lowest BCUT2D eigenvalue weighted by Crippen LogP contribution is -2.39. The molecule has 3 rings (SSSR count). The Hall–Kier alpha value is -2.08. The molecule has 6 nitrogen and oxygen atoms in total. The second-order valence-corrected chi connectivity index (χ2v) is 7.98. The molecule has 1 atom stereocenters. The van der Waals surface area contributed by atoms with Crippen molar-refractivity contribution < 1.29 is 9.53 Å². The van der Waals surface area contributed by atoms with Crippen molar-refractivity contribution >= 4 is 17.6 Å². The summed E-state index contributed by atoms with van der Waals surface area (Å²) >= 11 is 0. The average molecular weight is 387 g/mol. The molecule has 1 amide bonds. The summed E-state index contributed by atoms with van der Waals surface area (Å²) in [6, 6.07) is 8.10. The Bertz CT molecular complexity index is 670. The lowest BCUT2D eigenvalue weighted by Gasteiger charge is -2.22. The SMILES string of the molecule is CN=C(NCc1cccc(NC(=O)C2CCCCC2)c1)N1CCC(COC)C1. The molecule has 0 radical (unpaired) electrons. The van der Waals surface area contributed by atoms with Crippen LogP contribution in [0.4, 0.5) is 5.69 Å². The Morgan fingerprint density at radius 3 is 2.82 bits per heavy atom. The molecule has 0 aromatic heterocycles. The van der Waals surface area contributed by atoms with Crippen molar-refractivity contribution in [3.63, 3.8) is 0 Å². The van der Waals surface area contributed by atoms with Crippen LogP contribution in [0.2, 0.25) is 0 Å². The first-order valence-electron chi connectivity index (χ1n) is 10.5. The van der Waals surface area contributed by atoms with Crippen LogP contribution in [0, 0.1) is 11.8 Å². The van der Waals surface area contributed by atoms with E-state index in [1.807, 2.05) is 19.2 Å². The normalized spacial score (nSPS) is 21.0. The zero-order chi connectivity index (χ0) is 19.8. The van der Waals surface area contributed by atoms with Gasteiger partial charge in [-0.3, -0.25) is 9.79 Å². The van der Waals surface area contributed by atoms with E-state index in [9.17, 15) is 4.79 Å². The second kappa shape index (κ2) is 10.5. The molecule has 1 saturated heterocycles. The number of methoxy groups -OCH3 is 1. The fourth-order valence-electron chi connectivity index (χ4n) is 4.28. The van der Waals surface area contributed by atoms with Gasteiger partial charge in [-0.25, -0.2) is 0 Å². The molecule has 2 fully saturated rings. The first kappa shape index (κ1) is 20.6. The largest absolute Gasteiger partial charge is 0.384 e. The van der Waals surface area contributed by atoms with Gasteiger partial charge < -0.3 is 20.3 Å². The van der Waals surface area contributed by atoms with Gasteiger partial charge in [-0.1, -0.05) is 31.4 Å². The second-order valence-electron chi connectivity index (χ2n) is 7.98. The third-order valence-electron chi connectivity index (χ3n) is 5.82. The van der Waals surface area contributed by atoms with Gasteiger partial charge in [0.1, 0.15) is 0 Å². The van der Waals surface area contributed by atoms with Gasteiger partial charge >= 0.3 is 0 Å². The van der Waals surface area contributed by atoms with Crippen LogP contribution >= 0.6 is 0 Å². The number of nitrogens with one attached hydrogen (secondary N) is 2. The average Bonchev–Trinajstić information content (AvgIpc) is 3.18.